The molecule has 0 aliphatic carbocycles. The van der Waals surface area contributed by atoms with Crippen LogP contribution in [-0.2, 0) is 11.2 Å². The maximum absolute atomic E-state index is 12.2. The number of halogens is 1. The molecular weight excluding hydrogens is 314 g/mol. The third-order valence-electron chi connectivity index (χ3n) is 3.57. The van der Waals surface area contributed by atoms with Crippen LogP contribution >= 0.6 is 11.6 Å². The average molecular weight is 334 g/mol. The van der Waals surface area contributed by atoms with Gasteiger partial charge in [-0.1, -0.05) is 29.8 Å². The minimum Gasteiger partial charge on any atom is -0.496 e. The highest BCUT2D eigenvalue weighted by molar-refractivity contribution is 6.31. The predicted molar refractivity (Wildman–Crippen MR) is 92.7 cm³/mol. The number of hydrogen-bond acceptors (Lipinski definition) is 3. The normalized spacial score (nSPS) is 10.3. The average Bonchev–Trinajstić information content (AvgIpc) is 2.56. The Labute approximate surface area is 141 Å². The second-order valence-corrected chi connectivity index (χ2v) is 5.57. The second-order valence-electron chi connectivity index (χ2n) is 5.16. The summed E-state index contributed by atoms with van der Waals surface area (Å²) >= 11 is 6.07. The van der Waals surface area contributed by atoms with Crippen LogP contribution in [-0.4, -0.2) is 20.1 Å². The van der Waals surface area contributed by atoms with Crippen molar-refractivity contribution in [2.45, 2.75) is 19.8 Å². The van der Waals surface area contributed by atoms with Crippen molar-refractivity contribution < 1.29 is 14.3 Å². The van der Waals surface area contributed by atoms with Crippen molar-refractivity contribution in [1.82, 2.24) is 0 Å². The van der Waals surface area contributed by atoms with Gasteiger partial charge in [-0.05, 0) is 36.6 Å². The topological polar surface area (TPSA) is 47.6 Å². The fraction of sp³-hybridized carbons (Fsp3) is 0.278. The number of hydrogen-bond donors (Lipinski definition) is 1. The molecular formula is C18H20ClNO3. The Morgan fingerprint density at radius 3 is 2.52 bits per heavy atom. The first kappa shape index (κ1) is 17.2. The number of benzene rings is 2. The molecule has 0 aromatic heterocycles. The Morgan fingerprint density at radius 2 is 1.83 bits per heavy atom. The van der Waals surface area contributed by atoms with E-state index in [0.717, 1.165) is 16.9 Å². The van der Waals surface area contributed by atoms with Crippen LogP contribution in [0, 0.1) is 6.92 Å². The van der Waals surface area contributed by atoms with Crippen LogP contribution in [0.2, 0.25) is 5.02 Å². The van der Waals surface area contributed by atoms with E-state index < -0.39 is 0 Å². The molecule has 0 saturated carbocycles. The van der Waals surface area contributed by atoms with Crippen LogP contribution in [0.5, 0.6) is 11.5 Å². The van der Waals surface area contributed by atoms with Crippen molar-refractivity contribution >= 4 is 23.2 Å². The van der Waals surface area contributed by atoms with E-state index in [0.29, 0.717) is 29.3 Å². The van der Waals surface area contributed by atoms with Gasteiger partial charge in [-0.3, -0.25) is 4.79 Å². The highest BCUT2D eigenvalue weighted by atomic mass is 35.5. The molecule has 1 N–H and O–H groups in total. The minimum atomic E-state index is -0.0871. The number of amides is 1. The van der Waals surface area contributed by atoms with E-state index in [1.54, 1.807) is 20.3 Å². The van der Waals surface area contributed by atoms with Crippen LogP contribution in [0.25, 0.3) is 0 Å². The first-order chi connectivity index (χ1) is 11.0. The van der Waals surface area contributed by atoms with E-state index in [2.05, 4.69) is 5.32 Å². The summed E-state index contributed by atoms with van der Waals surface area (Å²) in [6.45, 7) is 1.88. The Hall–Kier alpha value is -2.20. The van der Waals surface area contributed by atoms with Crippen LogP contribution in [0.15, 0.2) is 36.4 Å². The molecule has 0 atom stereocenters. The fourth-order valence-electron chi connectivity index (χ4n) is 2.30. The molecule has 0 unspecified atom stereocenters. The largest absolute Gasteiger partial charge is 0.496 e. The van der Waals surface area contributed by atoms with Crippen molar-refractivity contribution in [1.29, 1.82) is 0 Å². The maximum atomic E-state index is 12.2. The molecule has 2 aromatic carbocycles. The second kappa shape index (κ2) is 7.88. The lowest BCUT2D eigenvalue weighted by atomic mass is 10.1. The zero-order chi connectivity index (χ0) is 16.8. The van der Waals surface area contributed by atoms with Crippen molar-refractivity contribution in [2.75, 3.05) is 19.5 Å². The number of methoxy groups -OCH3 is 2. The third-order valence-corrected chi connectivity index (χ3v) is 3.98. The van der Waals surface area contributed by atoms with E-state index in [9.17, 15) is 4.79 Å². The Balaban J connectivity index is 2.04. The fourth-order valence-corrected chi connectivity index (χ4v) is 2.45. The van der Waals surface area contributed by atoms with Gasteiger partial charge in [0.1, 0.15) is 11.5 Å². The van der Waals surface area contributed by atoms with E-state index in [1.807, 2.05) is 37.3 Å². The number of carbonyl (C=O) groups excluding carboxylic acids is 1. The van der Waals surface area contributed by atoms with Crippen molar-refractivity contribution in [3.05, 3.63) is 52.5 Å². The first-order valence-electron chi connectivity index (χ1n) is 7.31. The summed E-state index contributed by atoms with van der Waals surface area (Å²) in [6, 6.07) is 11.2. The van der Waals surface area contributed by atoms with Gasteiger partial charge < -0.3 is 14.8 Å². The van der Waals surface area contributed by atoms with Gasteiger partial charge in [-0.15, -0.1) is 0 Å². The Morgan fingerprint density at radius 1 is 1.13 bits per heavy atom. The van der Waals surface area contributed by atoms with Gasteiger partial charge >= 0.3 is 0 Å². The number of anilines is 1. The molecule has 0 heterocycles. The number of aryl methyl sites for hydroxylation is 2. The van der Waals surface area contributed by atoms with E-state index in [1.165, 1.54) is 0 Å². The van der Waals surface area contributed by atoms with Gasteiger partial charge in [-0.2, -0.15) is 0 Å². The molecule has 122 valence electrons. The summed E-state index contributed by atoms with van der Waals surface area (Å²) in [6.07, 6.45) is 0.954. The molecule has 0 saturated heterocycles. The van der Waals surface area contributed by atoms with Gasteiger partial charge in [0.15, 0.2) is 0 Å². The van der Waals surface area contributed by atoms with E-state index >= 15 is 0 Å². The number of para-hydroxylation sites is 1. The molecule has 1 amide bonds. The van der Waals surface area contributed by atoms with Crippen molar-refractivity contribution in [3.8, 4) is 11.5 Å². The quantitative estimate of drug-likeness (QED) is 0.860. The van der Waals surface area contributed by atoms with Crippen LogP contribution in [0.3, 0.4) is 0 Å². The highest BCUT2D eigenvalue weighted by Gasteiger charge is 2.11. The van der Waals surface area contributed by atoms with Gasteiger partial charge in [0.2, 0.25) is 5.91 Å². The molecule has 0 aliphatic heterocycles. The molecule has 0 bridgehead atoms. The number of rotatable bonds is 6. The summed E-state index contributed by atoms with van der Waals surface area (Å²) in [5, 5.41) is 3.48. The summed E-state index contributed by atoms with van der Waals surface area (Å²) in [5.74, 6) is 1.25. The van der Waals surface area contributed by atoms with Crippen LogP contribution < -0.4 is 14.8 Å². The van der Waals surface area contributed by atoms with Gasteiger partial charge in [0.25, 0.3) is 0 Å². The molecule has 0 fully saturated rings. The SMILES string of the molecule is COc1ccccc1CCC(=O)Nc1cc(C)c(Cl)cc1OC. The standard InChI is InChI=1S/C18H20ClNO3/c1-12-10-15(17(23-3)11-14(12)19)20-18(21)9-8-13-6-4-5-7-16(13)22-2/h4-7,10-11H,8-9H2,1-3H3,(H,20,21). The predicted octanol–water partition coefficient (Wildman–Crippen LogP) is 4.24. The Kier molecular flexibility index (Phi) is 5.88. The maximum Gasteiger partial charge on any atom is 0.224 e. The molecule has 4 nitrogen and oxygen atoms in total. The highest BCUT2D eigenvalue weighted by Crippen LogP contribution is 2.31. The van der Waals surface area contributed by atoms with Crippen LogP contribution in [0.1, 0.15) is 17.5 Å². The first-order valence-corrected chi connectivity index (χ1v) is 7.68. The number of ether oxygens (including phenoxy) is 2. The molecule has 5 heteroatoms. The van der Waals surface area contributed by atoms with Gasteiger partial charge in [0.05, 0.1) is 19.9 Å². The monoisotopic (exact) mass is 333 g/mol. The lowest BCUT2D eigenvalue weighted by molar-refractivity contribution is -0.116. The minimum absolute atomic E-state index is 0.0871. The molecule has 23 heavy (non-hydrogen) atoms. The summed E-state index contributed by atoms with van der Waals surface area (Å²) < 4.78 is 10.6. The number of carbonyl (C=O) groups is 1. The Bertz CT molecular complexity index is 701. The van der Waals surface area contributed by atoms with E-state index in [-0.39, 0.29) is 5.91 Å². The number of nitrogens with one attached hydrogen (secondary N) is 1. The summed E-state index contributed by atoms with van der Waals surface area (Å²) in [5.41, 5.74) is 2.51. The van der Waals surface area contributed by atoms with Gasteiger partial charge in [-0.25, -0.2) is 0 Å². The summed E-state index contributed by atoms with van der Waals surface area (Å²) in [4.78, 5) is 12.2. The molecule has 0 spiro atoms. The van der Waals surface area contributed by atoms with Crippen molar-refractivity contribution in [2.24, 2.45) is 0 Å². The molecule has 2 rings (SSSR count). The van der Waals surface area contributed by atoms with Crippen LogP contribution in [0.4, 0.5) is 5.69 Å². The third kappa shape index (κ3) is 4.39. The zero-order valence-corrected chi connectivity index (χ0v) is 14.2. The molecule has 2 aromatic rings. The van der Waals surface area contributed by atoms with Crippen molar-refractivity contribution in [3.63, 3.8) is 0 Å². The van der Waals surface area contributed by atoms with E-state index in [4.69, 9.17) is 21.1 Å². The smallest absolute Gasteiger partial charge is 0.224 e. The van der Waals surface area contributed by atoms with Gasteiger partial charge in [0, 0.05) is 17.5 Å². The lowest BCUT2D eigenvalue weighted by Crippen LogP contribution is -2.13. The zero-order valence-electron chi connectivity index (χ0n) is 13.5. The lowest BCUT2D eigenvalue weighted by Gasteiger charge is -2.13. The molecule has 0 radical (unpaired) electrons. The summed E-state index contributed by atoms with van der Waals surface area (Å²) in [7, 11) is 3.17. The molecule has 0 aliphatic rings.